The number of thiazole rings is 1. The highest BCUT2D eigenvalue weighted by Crippen LogP contribution is 2.17. The number of hydrogen-bond donors (Lipinski definition) is 2. The number of nitrogens with one attached hydrogen (secondary N) is 2. The molecule has 19 heavy (non-hydrogen) atoms. The summed E-state index contributed by atoms with van der Waals surface area (Å²) in [6.45, 7) is 1.90. The zero-order valence-corrected chi connectivity index (χ0v) is 12.3. The Labute approximate surface area is 124 Å². The Hall–Kier alpha value is -1.50. The third-order valence-corrected chi connectivity index (χ3v) is 3.45. The van der Waals surface area contributed by atoms with E-state index >= 15 is 0 Å². The summed E-state index contributed by atoms with van der Waals surface area (Å²) < 4.78 is 0. The van der Waals surface area contributed by atoms with Crippen molar-refractivity contribution in [3.8, 4) is 0 Å². The van der Waals surface area contributed by atoms with Gasteiger partial charge in [0.15, 0.2) is 10.2 Å². The minimum absolute atomic E-state index is 0.191. The summed E-state index contributed by atoms with van der Waals surface area (Å²) >= 11 is 12.4. The Morgan fingerprint density at radius 2 is 2.26 bits per heavy atom. The average molecular weight is 312 g/mol. The molecule has 2 N–H and O–H groups in total. The highest BCUT2D eigenvalue weighted by molar-refractivity contribution is 7.80. The van der Waals surface area contributed by atoms with Crippen LogP contribution in [-0.4, -0.2) is 16.0 Å². The van der Waals surface area contributed by atoms with Gasteiger partial charge in [0.1, 0.15) is 0 Å². The van der Waals surface area contributed by atoms with E-state index in [1.165, 1.54) is 11.3 Å². The molecule has 0 bridgehead atoms. The number of hydrogen-bond acceptors (Lipinski definition) is 4. The Morgan fingerprint density at radius 1 is 1.47 bits per heavy atom. The van der Waals surface area contributed by atoms with Crippen LogP contribution in [0.25, 0.3) is 0 Å². The topological polar surface area (TPSA) is 54.0 Å². The van der Waals surface area contributed by atoms with Gasteiger partial charge in [0.05, 0.1) is 10.6 Å². The summed E-state index contributed by atoms with van der Waals surface area (Å²) in [4.78, 5) is 16.0. The lowest BCUT2D eigenvalue weighted by atomic mass is 10.1. The van der Waals surface area contributed by atoms with Crippen LogP contribution in [0.3, 0.4) is 0 Å². The molecule has 1 amide bonds. The molecule has 0 aliphatic carbocycles. The van der Waals surface area contributed by atoms with Crippen molar-refractivity contribution in [2.75, 3.05) is 5.32 Å². The SMILES string of the molecule is Cc1ccc(C(=O)NC(=S)Nc2nccs2)c(Cl)c1. The molecule has 1 heterocycles. The molecule has 0 saturated carbocycles. The Bertz CT molecular complexity index is 613. The maximum Gasteiger partial charge on any atom is 0.258 e. The van der Waals surface area contributed by atoms with Gasteiger partial charge in [-0.1, -0.05) is 17.7 Å². The molecule has 0 aliphatic rings. The maximum absolute atomic E-state index is 12.0. The van der Waals surface area contributed by atoms with Crippen LogP contribution >= 0.6 is 35.2 Å². The van der Waals surface area contributed by atoms with Crippen molar-refractivity contribution < 1.29 is 4.79 Å². The molecule has 1 aromatic carbocycles. The third-order valence-electron chi connectivity index (χ3n) is 2.25. The van der Waals surface area contributed by atoms with Gasteiger partial charge in [0.25, 0.3) is 5.91 Å². The molecule has 4 nitrogen and oxygen atoms in total. The predicted molar refractivity (Wildman–Crippen MR) is 82.0 cm³/mol. The Balaban J connectivity index is 2.02. The lowest BCUT2D eigenvalue weighted by molar-refractivity contribution is 0.0978. The number of amides is 1. The fourth-order valence-corrected chi connectivity index (χ4v) is 2.50. The van der Waals surface area contributed by atoms with E-state index in [9.17, 15) is 4.79 Å². The first kappa shape index (κ1) is 13.9. The van der Waals surface area contributed by atoms with Crippen LogP contribution in [0.15, 0.2) is 29.8 Å². The summed E-state index contributed by atoms with van der Waals surface area (Å²) in [7, 11) is 0. The highest BCUT2D eigenvalue weighted by atomic mass is 35.5. The van der Waals surface area contributed by atoms with E-state index in [-0.39, 0.29) is 11.0 Å². The first-order valence-corrected chi connectivity index (χ1v) is 7.01. The first-order valence-electron chi connectivity index (χ1n) is 5.34. The van der Waals surface area contributed by atoms with E-state index in [1.807, 2.05) is 18.4 Å². The zero-order valence-electron chi connectivity index (χ0n) is 9.94. The zero-order chi connectivity index (χ0) is 13.8. The second kappa shape index (κ2) is 6.10. The van der Waals surface area contributed by atoms with Crippen molar-refractivity contribution in [2.45, 2.75) is 6.92 Å². The summed E-state index contributed by atoms with van der Waals surface area (Å²) in [5.41, 5.74) is 1.38. The van der Waals surface area contributed by atoms with Crippen LogP contribution < -0.4 is 10.6 Å². The molecule has 2 aromatic rings. The summed E-state index contributed by atoms with van der Waals surface area (Å²) in [5.74, 6) is -0.348. The molecule has 2 rings (SSSR count). The van der Waals surface area contributed by atoms with Crippen molar-refractivity contribution in [3.63, 3.8) is 0 Å². The molecule has 7 heteroatoms. The molecule has 0 fully saturated rings. The van der Waals surface area contributed by atoms with Gasteiger partial charge in [0, 0.05) is 11.6 Å². The maximum atomic E-state index is 12.0. The van der Waals surface area contributed by atoms with Crippen LogP contribution in [-0.2, 0) is 0 Å². The predicted octanol–water partition coefficient (Wildman–Crippen LogP) is 3.23. The monoisotopic (exact) mass is 311 g/mol. The standard InChI is InChI=1S/C12H10ClN3OS2/c1-7-2-3-8(9(13)6-7)10(17)15-11(18)16-12-14-4-5-19-12/h2-6H,1H3,(H2,14,15,16,17,18). The number of carbonyl (C=O) groups is 1. The minimum Gasteiger partial charge on any atom is -0.308 e. The van der Waals surface area contributed by atoms with Gasteiger partial charge in [0.2, 0.25) is 0 Å². The normalized spacial score (nSPS) is 10.0. The first-order chi connectivity index (χ1) is 9.06. The number of halogens is 1. The molecular formula is C12H10ClN3OS2. The molecule has 0 atom stereocenters. The van der Waals surface area contributed by atoms with Crippen LogP contribution in [0.4, 0.5) is 5.13 Å². The number of anilines is 1. The van der Waals surface area contributed by atoms with Crippen molar-refractivity contribution in [3.05, 3.63) is 45.9 Å². The van der Waals surface area contributed by atoms with Crippen molar-refractivity contribution >= 4 is 51.3 Å². The molecule has 0 saturated heterocycles. The molecule has 0 spiro atoms. The van der Waals surface area contributed by atoms with E-state index in [4.69, 9.17) is 23.8 Å². The number of aryl methyl sites for hydroxylation is 1. The Morgan fingerprint density at radius 3 is 2.89 bits per heavy atom. The average Bonchev–Trinajstić information content (AvgIpc) is 2.81. The van der Waals surface area contributed by atoms with E-state index in [0.717, 1.165) is 5.56 Å². The van der Waals surface area contributed by atoms with Crippen LogP contribution in [0.1, 0.15) is 15.9 Å². The fraction of sp³-hybridized carbons (Fsp3) is 0.0833. The number of benzene rings is 1. The van der Waals surface area contributed by atoms with Crippen molar-refractivity contribution in [2.24, 2.45) is 0 Å². The van der Waals surface area contributed by atoms with Crippen molar-refractivity contribution in [1.29, 1.82) is 0 Å². The third kappa shape index (κ3) is 3.73. The van der Waals surface area contributed by atoms with Gasteiger partial charge in [-0.3, -0.25) is 10.1 Å². The summed E-state index contributed by atoms with van der Waals surface area (Å²) in [5, 5.41) is 8.40. The Kier molecular flexibility index (Phi) is 4.47. The van der Waals surface area contributed by atoms with Crippen LogP contribution in [0.2, 0.25) is 5.02 Å². The largest absolute Gasteiger partial charge is 0.308 e. The number of nitrogens with zero attached hydrogens (tertiary/aromatic N) is 1. The van der Waals surface area contributed by atoms with Gasteiger partial charge in [-0.25, -0.2) is 4.98 Å². The van der Waals surface area contributed by atoms with Crippen LogP contribution in [0.5, 0.6) is 0 Å². The second-order valence-corrected chi connectivity index (χ2v) is 5.44. The van der Waals surface area contributed by atoms with Crippen molar-refractivity contribution in [1.82, 2.24) is 10.3 Å². The molecule has 0 unspecified atom stereocenters. The highest BCUT2D eigenvalue weighted by Gasteiger charge is 2.12. The minimum atomic E-state index is -0.348. The molecule has 1 aromatic heterocycles. The van der Waals surface area contributed by atoms with Gasteiger partial charge < -0.3 is 5.32 Å². The van der Waals surface area contributed by atoms with E-state index < -0.39 is 0 Å². The van der Waals surface area contributed by atoms with E-state index in [2.05, 4.69) is 15.6 Å². The summed E-state index contributed by atoms with van der Waals surface area (Å²) in [6.07, 6.45) is 1.65. The molecule has 98 valence electrons. The smallest absolute Gasteiger partial charge is 0.258 e. The fourth-order valence-electron chi connectivity index (χ4n) is 1.39. The quantitative estimate of drug-likeness (QED) is 0.836. The second-order valence-electron chi connectivity index (χ2n) is 3.73. The van der Waals surface area contributed by atoms with Gasteiger partial charge in [-0.05, 0) is 36.8 Å². The molecule has 0 aliphatic heterocycles. The number of thiocarbonyl (C=S) groups is 1. The van der Waals surface area contributed by atoms with E-state index in [0.29, 0.717) is 15.7 Å². The van der Waals surface area contributed by atoms with Gasteiger partial charge >= 0.3 is 0 Å². The van der Waals surface area contributed by atoms with Gasteiger partial charge in [-0.15, -0.1) is 11.3 Å². The van der Waals surface area contributed by atoms with Crippen LogP contribution in [0, 0.1) is 6.92 Å². The lowest BCUT2D eigenvalue weighted by Gasteiger charge is -2.08. The molecular weight excluding hydrogens is 302 g/mol. The van der Waals surface area contributed by atoms with Gasteiger partial charge in [-0.2, -0.15) is 0 Å². The number of aromatic nitrogens is 1. The summed E-state index contributed by atoms with van der Waals surface area (Å²) in [6, 6.07) is 5.21. The number of carbonyl (C=O) groups excluding carboxylic acids is 1. The van der Waals surface area contributed by atoms with E-state index in [1.54, 1.807) is 18.3 Å². The number of rotatable bonds is 2. The molecule has 0 radical (unpaired) electrons. The lowest BCUT2D eigenvalue weighted by Crippen LogP contribution is -2.34.